The SMILES string of the molecule is Cc1cn([C@@H]2O[C@@]3(CN(C)CC[C@H]3OCc3ccccc3)C(OCc3ccccc3)[C@@H]2O)c(=O)[nH]c1=O. The number of rotatable bonds is 7. The number of likely N-dealkylation sites (N-methyl/N-ethyl adjacent to an activating group) is 1. The van der Waals surface area contributed by atoms with Gasteiger partial charge in [0.05, 0.1) is 19.3 Å². The molecule has 1 unspecified atom stereocenters. The molecule has 2 N–H and O–H groups in total. The van der Waals surface area contributed by atoms with Crippen LogP contribution in [-0.2, 0) is 27.4 Å². The van der Waals surface area contributed by atoms with Crippen molar-refractivity contribution >= 4 is 0 Å². The first kappa shape index (κ1) is 25.6. The van der Waals surface area contributed by atoms with E-state index in [9.17, 15) is 14.7 Å². The Morgan fingerprint density at radius 1 is 1.03 bits per heavy atom. The summed E-state index contributed by atoms with van der Waals surface area (Å²) < 4.78 is 20.7. The number of aromatic nitrogens is 2. The standard InChI is InChI=1S/C28H33N3O6/c1-19-15-31(27(34)29-25(19)33)26-23(32)24(36-17-21-11-7-4-8-12-21)28(37-26)18-30(2)14-13-22(28)35-16-20-9-5-3-6-10-20/h3-12,15,22-24,26,32H,13-14,16-18H2,1-2H3,(H,29,33,34)/t22-,23+,24?,26-,28-/m1/s1. The van der Waals surface area contributed by atoms with Crippen LogP contribution in [0.1, 0.15) is 29.3 Å². The number of ether oxygens (including phenoxy) is 3. The molecular weight excluding hydrogens is 474 g/mol. The highest BCUT2D eigenvalue weighted by atomic mass is 16.6. The van der Waals surface area contributed by atoms with E-state index in [2.05, 4.69) is 9.88 Å². The van der Waals surface area contributed by atoms with Crippen LogP contribution in [0.2, 0.25) is 0 Å². The molecule has 9 nitrogen and oxygen atoms in total. The lowest BCUT2D eigenvalue weighted by atomic mass is 9.83. The highest BCUT2D eigenvalue weighted by Crippen LogP contribution is 2.45. The minimum atomic E-state index is -1.18. The topological polar surface area (TPSA) is 106 Å². The maximum atomic E-state index is 12.8. The van der Waals surface area contributed by atoms with Crippen molar-refractivity contribution in [2.75, 3.05) is 20.1 Å². The normalized spacial score (nSPS) is 28.1. The van der Waals surface area contributed by atoms with Gasteiger partial charge in [0, 0.05) is 24.8 Å². The van der Waals surface area contributed by atoms with E-state index in [0.717, 1.165) is 17.7 Å². The molecule has 37 heavy (non-hydrogen) atoms. The third-order valence-electron chi connectivity index (χ3n) is 7.25. The molecule has 1 spiro atoms. The van der Waals surface area contributed by atoms with Crippen LogP contribution in [-0.4, -0.2) is 63.6 Å². The number of aliphatic hydroxyl groups is 1. The van der Waals surface area contributed by atoms with Gasteiger partial charge in [0.25, 0.3) is 5.56 Å². The van der Waals surface area contributed by atoms with Crippen molar-refractivity contribution in [3.8, 4) is 0 Å². The van der Waals surface area contributed by atoms with Gasteiger partial charge in [0.2, 0.25) is 0 Å². The second-order valence-corrected chi connectivity index (χ2v) is 9.96. The fraction of sp³-hybridized carbons (Fsp3) is 0.429. The molecule has 0 radical (unpaired) electrons. The molecule has 2 aromatic carbocycles. The van der Waals surface area contributed by atoms with Crippen LogP contribution in [0.4, 0.5) is 0 Å². The van der Waals surface area contributed by atoms with Crippen molar-refractivity contribution in [2.45, 2.75) is 56.7 Å². The average molecular weight is 508 g/mol. The summed E-state index contributed by atoms with van der Waals surface area (Å²) in [4.78, 5) is 29.2. The third kappa shape index (κ3) is 5.18. The van der Waals surface area contributed by atoms with Crippen molar-refractivity contribution in [3.63, 3.8) is 0 Å². The summed E-state index contributed by atoms with van der Waals surface area (Å²) in [6.45, 7) is 3.47. The predicted molar refractivity (Wildman–Crippen MR) is 137 cm³/mol. The Kier molecular flexibility index (Phi) is 7.41. The fourth-order valence-electron chi connectivity index (χ4n) is 5.36. The van der Waals surface area contributed by atoms with Crippen LogP contribution in [0.5, 0.6) is 0 Å². The Balaban J connectivity index is 1.51. The Morgan fingerprint density at radius 3 is 2.30 bits per heavy atom. The largest absolute Gasteiger partial charge is 0.386 e. The molecule has 196 valence electrons. The Hall–Kier alpha value is -3.08. The van der Waals surface area contributed by atoms with Crippen LogP contribution < -0.4 is 11.2 Å². The zero-order chi connectivity index (χ0) is 26.0. The van der Waals surface area contributed by atoms with E-state index in [4.69, 9.17) is 14.2 Å². The van der Waals surface area contributed by atoms with Gasteiger partial charge in [-0.05, 0) is 31.5 Å². The number of hydrogen-bond acceptors (Lipinski definition) is 7. The lowest BCUT2D eigenvalue weighted by Crippen LogP contribution is -2.63. The fourth-order valence-corrected chi connectivity index (χ4v) is 5.36. The lowest BCUT2D eigenvalue weighted by molar-refractivity contribution is -0.217. The smallest absolute Gasteiger partial charge is 0.330 e. The molecule has 0 bridgehead atoms. The highest BCUT2D eigenvalue weighted by Gasteiger charge is 2.62. The Morgan fingerprint density at radius 2 is 1.65 bits per heavy atom. The summed E-state index contributed by atoms with van der Waals surface area (Å²) in [5.41, 5.74) is 0.156. The third-order valence-corrected chi connectivity index (χ3v) is 7.25. The number of piperidine rings is 1. The number of aryl methyl sites for hydroxylation is 1. The summed E-state index contributed by atoms with van der Waals surface area (Å²) in [5, 5.41) is 11.6. The van der Waals surface area contributed by atoms with E-state index < -0.39 is 41.4 Å². The van der Waals surface area contributed by atoms with E-state index in [1.165, 1.54) is 10.8 Å². The van der Waals surface area contributed by atoms with Gasteiger partial charge in [-0.1, -0.05) is 60.7 Å². The second kappa shape index (κ2) is 10.7. The first-order valence-electron chi connectivity index (χ1n) is 12.5. The first-order valence-corrected chi connectivity index (χ1v) is 12.5. The van der Waals surface area contributed by atoms with Gasteiger partial charge in [-0.25, -0.2) is 4.79 Å². The monoisotopic (exact) mass is 507 g/mol. The molecule has 3 heterocycles. The van der Waals surface area contributed by atoms with Gasteiger partial charge in [-0.3, -0.25) is 14.3 Å². The number of aromatic amines is 1. The molecule has 3 aromatic rings. The van der Waals surface area contributed by atoms with Crippen LogP contribution in [0.15, 0.2) is 76.4 Å². The van der Waals surface area contributed by atoms with E-state index in [0.29, 0.717) is 25.1 Å². The predicted octanol–water partition coefficient (Wildman–Crippen LogP) is 1.98. The molecule has 0 saturated carbocycles. The van der Waals surface area contributed by atoms with E-state index >= 15 is 0 Å². The summed E-state index contributed by atoms with van der Waals surface area (Å²) in [5.74, 6) is 0. The number of aliphatic hydroxyl groups excluding tert-OH is 1. The molecule has 5 rings (SSSR count). The maximum absolute atomic E-state index is 12.8. The molecule has 5 atom stereocenters. The summed E-state index contributed by atoms with van der Waals surface area (Å²) in [7, 11) is 1.99. The number of nitrogens with zero attached hydrogens (tertiary/aromatic N) is 2. The molecular formula is C28H33N3O6. The van der Waals surface area contributed by atoms with Crippen molar-refractivity contribution in [1.29, 1.82) is 0 Å². The van der Waals surface area contributed by atoms with Crippen LogP contribution >= 0.6 is 0 Å². The zero-order valence-electron chi connectivity index (χ0n) is 21.1. The van der Waals surface area contributed by atoms with E-state index in [-0.39, 0.29) is 6.61 Å². The zero-order valence-corrected chi connectivity index (χ0v) is 21.1. The average Bonchev–Trinajstić information content (AvgIpc) is 3.16. The van der Waals surface area contributed by atoms with Gasteiger partial charge in [-0.15, -0.1) is 0 Å². The Bertz CT molecular complexity index is 1310. The van der Waals surface area contributed by atoms with Crippen LogP contribution in [0.25, 0.3) is 0 Å². The molecule has 1 aromatic heterocycles. The summed E-state index contributed by atoms with van der Waals surface area (Å²) in [6, 6.07) is 19.6. The molecule has 0 amide bonds. The number of benzene rings is 2. The lowest BCUT2D eigenvalue weighted by Gasteiger charge is -2.46. The van der Waals surface area contributed by atoms with Gasteiger partial charge >= 0.3 is 5.69 Å². The van der Waals surface area contributed by atoms with E-state index in [1.807, 2.05) is 67.7 Å². The molecule has 2 aliphatic heterocycles. The molecule has 0 aliphatic carbocycles. The number of H-pyrrole nitrogens is 1. The van der Waals surface area contributed by atoms with Gasteiger partial charge in [0.15, 0.2) is 6.23 Å². The second-order valence-electron chi connectivity index (χ2n) is 9.96. The number of nitrogens with one attached hydrogen (secondary N) is 1. The van der Waals surface area contributed by atoms with Gasteiger partial charge < -0.3 is 24.2 Å². The maximum Gasteiger partial charge on any atom is 0.330 e. The number of hydrogen-bond donors (Lipinski definition) is 2. The van der Waals surface area contributed by atoms with Crippen molar-refractivity contribution < 1.29 is 19.3 Å². The Labute approximate surface area is 215 Å². The molecule has 2 aliphatic rings. The summed E-state index contributed by atoms with van der Waals surface area (Å²) in [6.07, 6.45) is -1.34. The van der Waals surface area contributed by atoms with Crippen molar-refractivity contribution in [2.24, 2.45) is 0 Å². The van der Waals surface area contributed by atoms with Gasteiger partial charge in [-0.2, -0.15) is 0 Å². The minimum absolute atomic E-state index is 0.259. The van der Waals surface area contributed by atoms with Crippen LogP contribution in [0.3, 0.4) is 0 Å². The van der Waals surface area contributed by atoms with Crippen LogP contribution in [0, 0.1) is 6.92 Å². The highest BCUT2D eigenvalue weighted by molar-refractivity contribution is 5.17. The summed E-state index contributed by atoms with van der Waals surface area (Å²) >= 11 is 0. The quantitative estimate of drug-likeness (QED) is 0.504. The van der Waals surface area contributed by atoms with E-state index in [1.54, 1.807) is 6.92 Å². The molecule has 9 heteroatoms. The van der Waals surface area contributed by atoms with Crippen molar-refractivity contribution in [3.05, 3.63) is 104 Å². The minimum Gasteiger partial charge on any atom is -0.386 e. The van der Waals surface area contributed by atoms with Crippen molar-refractivity contribution in [1.82, 2.24) is 14.5 Å². The first-order chi connectivity index (χ1) is 17.9. The molecule has 2 fully saturated rings. The van der Waals surface area contributed by atoms with Gasteiger partial charge in [0.1, 0.15) is 17.8 Å². The number of likely N-dealkylation sites (tertiary alicyclic amines) is 1. The molecule has 2 saturated heterocycles.